The van der Waals surface area contributed by atoms with Gasteiger partial charge in [0.2, 0.25) is 0 Å². The van der Waals surface area contributed by atoms with Crippen LogP contribution in [0.2, 0.25) is 0 Å². The number of hydrogen-bond acceptors (Lipinski definition) is 3. The van der Waals surface area contributed by atoms with Gasteiger partial charge in [0.25, 0.3) is 0 Å². The first-order valence-corrected chi connectivity index (χ1v) is 5.49. The zero-order chi connectivity index (χ0) is 10.9. The molecule has 1 N–H and O–H groups in total. The Morgan fingerprint density at radius 2 is 1.93 bits per heavy atom. The van der Waals surface area contributed by atoms with E-state index in [0.29, 0.717) is 19.1 Å². The lowest BCUT2D eigenvalue weighted by molar-refractivity contribution is 0.0713. The van der Waals surface area contributed by atoms with Crippen LogP contribution in [-0.2, 0) is 9.47 Å². The van der Waals surface area contributed by atoms with Crippen molar-refractivity contribution >= 4 is 11.6 Å². The zero-order valence-corrected chi connectivity index (χ0v) is 10.2. The molecule has 0 amide bonds. The van der Waals surface area contributed by atoms with E-state index in [1.165, 1.54) is 0 Å². The molecule has 0 bridgehead atoms. The Morgan fingerprint density at radius 3 is 2.50 bits per heavy atom. The van der Waals surface area contributed by atoms with E-state index >= 15 is 0 Å². The highest BCUT2D eigenvalue weighted by Crippen LogP contribution is 2.14. The Hall–Kier alpha value is 0.170. The molecule has 4 heteroatoms. The molecule has 0 aromatic carbocycles. The molecule has 0 rings (SSSR count). The second-order valence-electron chi connectivity index (χ2n) is 4.08. The molecule has 0 unspecified atom stereocenters. The van der Waals surface area contributed by atoms with Crippen LogP contribution in [-0.4, -0.2) is 45.9 Å². The Morgan fingerprint density at radius 1 is 1.21 bits per heavy atom. The highest BCUT2D eigenvalue weighted by Gasteiger charge is 2.14. The molecule has 0 fully saturated rings. The molecule has 0 atom stereocenters. The van der Waals surface area contributed by atoms with Gasteiger partial charge in [-0.1, -0.05) is 13.8 Å². The Labute approximate surface area is 92.1 Å². The van der Waals surface area contributed by atoms with Crippen LogP contribution in [0, 0.1) is 5.41 Å². The SMILES string of the molecule is COCCOCCNCC(C)(C)CCl. The summed E-state index contributed by atoms with van der Waals surface area (Å²) in [5, 5.41) is 3.30. The van der Waals surface area contributed by atoms with Crippen LogP contribution in [0.25, 0.3) is 0 Å². The molecule has 0 aliphatic carbocycles. The maximum atomic E-state index is 5.79. The Kier molecular flexibility index (Phi) is 8.58. The topological polar surface area (TPSA) is 30.5 Å². The lowest BCUT2D eigenvalue weighted by Gasteiger charge is -2.21. The summed E-state index contributed by atoms with van der Waals surface area (Å²) >= 11 is 5.79. The van der Waals surface area contributed by atoms with Gasteiger partial charge in [0, 0.05) is 26.1 Å². The first kappa shape index (κ1) is 14.2. The fraction of sp³-hybridized carbons (Fsp3) is 1.00. The van der Waals surface area contributed by atoms with Crippen LogP contribution in [0.15, 0.2) is 0 Å². The van der Waals surface area contributed by atoms with Gasteiger partial charge in [0.1, 0.15) is 0 Å². The monoisotopic (exact) mass is 223 g/mol. The summed E-state index contributed by atoms with van der Waals surface area (Å²) in [5.74, 6) is 0.671. The number of halogens is 1. The van der Waals surface area contributed by atoms with Gasteiger partial charge in [-0.15, -0.1) is 11.6 Å². The highest BCUT2D eigenvalue weighted by atomic mass is 35.5. The number of rotatable bonds is 9. The van der Waals surface area contributed by atoms with Gasteiger partial charge < -0.3 is 14.8 Å². The van der Waals surface area contributed by atoms with Crippen molar-refractivity contribution in [1.29, 1.82) is 0 Å². The second-order valence-corrected chi connectivity index (χ2v) is 4.35. The number of ether oxygens (including phenoxy) is 2. The quantitative estimate of drug-likeness (QED) is 0.475. The summed E-state index contributed by atoms with van der Waals surface area (Å²) < 4.78 is 10.2. The fourth-order valence-corrected chi connectivity index (χ4v) is 0.957. The molecule has 86 valence electrons. The predicted molar refractivity (Wildman–Crippen MR) is 60.1 cm³/mol. The van der Waals surface area contributed by atoms with Crippen LogP contribution in [0.4, 0.5) is 0 Å². The van der Waals surface area contributed by atoms with Crippen molar-refractivity contribution in [3.63, 3.8) is 0 Å². The van der Waals surface area contributed by atoms with E-state index in [4.69, 9.17) is 21.1 Å². The molecule has 0 aliphatic heterocycles. The minimum absolute atomic E-state index is 0.161. The third kappa shape index (κ3) is 8.75. The summed E-state index contributed by atoms with van der Waals surface area (Å²) in [6.07, 6.45) is 0. The maximum Gasteiger partial charge on any atom is 0.0700 e. The summed E-state index contributed by atoms with van der Waals surface area (Å²) in [6, 6.07) is 0. The van der Waals surface area contributed by atoms with E-state index in [2.05, 4.69) is 19.2 Å². The molecule has 0 radical (unpaired) electrons. The van der Waals surface area contributed by atoms with Crippen molar-refractivity contribution in [1.82, 2.24) is 5.32 Å². The van der Waals surface area contributed by atoms with Crippen molar-refractivity contribution in [3.8, 4) is 0 Å². The molecule has 0 aromatic heterocycles. The van der Waals surface area contributed by atoms with Crippen LogP contribution < -0.4 is 5.32 Å². The summed E-state index contributed by atoms with van der Waals surface area (Å²) in [6.45, 7) is 8.11. The average molecular weight is 224 g/mol. The smallest absolute Gasteiger partial charge is 0.0700 e. The summed E-state index contributed by atoms with van der Waals surface area (Å²) in [5.41, 5.74) is 0.161. The van der Waals surface area contributed by atoms with Crippen LogP contribution >= 0.6 is 11.6 Å². The predicted octanol–water partition coefficient (Wildman–Crippen LogP) is 1.50. The molecule has 0 aliphatic rings. The van der Waals surface area contributed by atoms with Crippen molar-refractivity contribution in [2.45, 2.75) is 13.8 Å². The largest absolute Gasteiger partial charge is 0.382 e. The molecule has 0 saturated carbocycles. The van der Waals surface area contributed by atoms with Crippen LogP contribution in [0.1, 0.15) is 13.8 Å². The fourth-order valence-electron chi connectivity index (χ4n) is 0.863. The molecule has 3 nitrogen and oxygen atoms in total. The van der Waals surface area contributed by atoms with Gasteiger partial charge in [-0.05, 0) is 5.41 Å². The minimum atomic E-state index is 0.161. The first-order valence-electron chi connectivity index (χ1n) is 4.96. The Balaban J connectivity index is 3.13. The van der Waals surface area contributed by atoms with Gasteiger partial charge in [-0.2, -0.15) is 0 Å². The van der Waals surface area contributed by atoms with Gasteiger partial charge in [0.15, 0.2) is 0 Å². The first-order chi connectivity index (χ1) is 6.62. The van der Waals surface area contributed by atoms with Crippen molar-refractivity contribution in [3.05, 3.63) is 0 Å². The highest BCUT2D eigenvalue weighted by molar-refractivity contribution is 6.18. The van der Waals surface area contributed by atoms with E-state index in [9.17, 15) is 0 Å². The van der Waals surface area contributed by atoms with Crippen LogP contribution in [0.3, 0.4) is 0 Å². The van der Waals surface area contributed by atoms with E-state index in [-0.39, 0.29) is 5.41 Å². The standard InChI is InChI=1S/C10H22ClNO2/c1-10(2,8-11)9-12-4-5-14-7-6-13-3/h12H,4-9H2,1-3H3. The molecule has 0 saturated heterocycles. The summed E-state index contributed by atoms with van der Waals surface area (Å²) in [4.78, 5) is 0. The Bertz CT molecular complexity index is 131. The van der Waals surface area contributed by atoms with E-state index in [1.807, 2.05) is 0 Å². The van der Waals surface area contributed by atoms with Gasteiger partial charge >= 0.3 is 0 Å². The minimum Gasteiger partial charge on any atom is -0.382 e. The molecule has 0 spiro atoms. The second kappa shape index (κ2) is 8.48. The molecule has 14 heavy (non-hydrogen) atoms. The molecule has 0 aromatic rings. The van der Waals surface area contributed by atoms with E-state index in [0.717, 1.165) is 19.7 Å². The molecule has 0 heterocycles. The zero-order valence-electron chi connectivity index (χ0n) is 9.44. The number of nitrogens with one attached hydrogen (secondary N) is 1. The lowest BCUT2D eigenvalue weighted by Crippen LogP contribution is -2.32. The average Bonchev–Trinajstić information content (AvgIpc) is 2.16. The van der Waals surface area contributed by atoms with Crippen molar-refractivity contribution < 1.29 is 9.47 Å². The van der Waals surface area contributed by atoms with Gasteiger partial charge in [-0.3, -0.25) is 0 Å². The van der Waals surface area contributed by atoms with Crippen molar-refractivity contribution in [2.75, 3.05) is 45.9 Å². The normalized spacial score (nSPS) is 12.0. The molecular weight excluding hydrogens is 202 g/mol. The van der Waals surface area contributed by atoms with E-state index in [1.54, 1.807) is 7.11 Å². The summed E-state index contributed by atoms with van der Waals surface area (Å²) in [7, 11) is 1.67. The van der Waals surface area contributed by atoms with E-state index < -0.39 is 0 Å². The van der Waals surface area contributed by atoms with Crippen LogP contribution in [0.5, 0.6) is 0 Å². The number of methoxy groups -OCH3 is 1. The third-order valence-electron chi connectivity index (χ3n) is 1.82. The van der Waals surface area contributed by atoms with Crippen molar-refractivity contribution in [2.24, 2.45) is 5.41 Å². The number of alkyl halides is 1. The molecular formula is C10H22ClNO2. The lowest BCUT2D eigenvalue weighted by atomic mass is 9.97. The third-order valence-corrected chi connectivity index (χ3v) is 2.54. The maximum absolute atomic E-state index is 5.79. The van der Waals surface area contributed by atoms with Gasteiger partial charge in [-0.25, -0.2) is 0 Å². The van der Waals surface area contributed by atoms with Gasteiger partial charge in [0.05, 0.1) is 19.8 Å². The number of hydrogen-bond donors (Lipinski definition) is 1.